The Bertz CT molecular complexity index is 1550. The van der Waals surface area contributed by atoms with E-state index in [0.29, 0.717) is 28.0 Å². The van der Waals surface area contributed by atoms with E-state index in [9.17, 15) is 15.1 Å². The van der Waals surface area contributed by atoms with E-state index in [-0.39, 0.29) is 32.7 Å². The molecule has 0 radical (unpaired) electrons. The Balaban J connectivity index is 0.00000323. The highest BCUT2D eigenvalue weighted by molar-refractivity contribution is 8.06. The molecule has 16 nitrogen and oxygen atoms in total. The predicted octanol–water partition coefficient (Wildman–Crippen LogP) is -0.0135. The van der Waals surface area contributed by atoms with Gasteiger partial charge in [-0.25, -0.2) is 24.9 Å². The summed E-state index contributed by atoms with van der Waals surface area (Å²) in [6.45, 7) is -4.75. The molecule has 6 N–H and O–H groups in total. The number of aromatic nitrogens is 7. The van der Waals surface area contributed by atoms with Crippen molar-refractivity contribution in [2.24, 2.45) is 0 Å². The molecule has 0 aliphatic carbocycles. The molecule has 18 heteroatoms. The van der Waals surface area contributed by atoms with Crippen molar-refractivity contribution >= 4 is 52.4 Å². The topological polar surface area (TPSA) is 227 Å². The number of ether oxygens (including phenoxy) is 2. The molecule has 7 atom stereocenters. The van der Waals surface area contributed by atoms with Gasteiger partial charge in [-0.15, -0.1) is 0 Å². The highest BCUT2D eigenvalue weighted by Gasteiger charge is 2.40. The van der Waals surface area contributed by atoms with E-state index in [1.54, 1.807) is 21.4 Å². The first-order valence-corrected chi connectivity index (χ1v) is 14.5. The largest absolute Gasteiger partial charge is 0.780 e. The van der Waals surface area contributed by atoms with Crippen LogP contribution in [0.4, 0.5) is 11.6 Å². The highest BCUT2D eigenvalue weighted by Crippen LogP contribution is 2.46. The van der Waals surface area contributed by atoms with Crippen molar-refractivity contribution in [3.63, 3.8) is 0 Å². The summed E-state index contributed by atoms with van der Waals surface area (Å²) in [6, 6.07) is 1.76. The Morgan fingerprint density at radius 1 is 1.02 bits per heavy atom. The van der Waals surface area contributed by atoms with Crippen LogP contribution in [0, 0.1) is 0 Å². The summed E-state index contributed by atoms with van der Waals surface area (Å²) in [5, 5.41) is 21.1. The molecule has 0 spiro atoms. The van der Waals surface area contributed by atoms with Crippen molar-refractivity contribution in [1.29, 1.82) is 0 Å². The summed E-state index contributed by atoms with van der Waals surface area (Å²) in [5.41, 5.74) is 13.2. The van der Waals surface area contributed by atoms with E-state index in [2.05, 4.69) is 24.9 Å². The molecule has 40 heavy (non-hydrogen) atoms. The first kappa shape index (κ1) is 28.7. The van der Waals surface area contributed by atoms with E-state index >= 15 is 0 Å². The number of nitrogen functional groups attached to an aromatic ring is 2. The number of hydrogen-bond acceptors (Lipinski definition) is 15. The van der Waals surface area contributed by atoms with Gasteiger partial charge in [-0.05, 0) is 6.07 Å². The number of rotatable bonds is 8. The number of imidazole rings is 1. The number of aliphatic hydroxyl groups excluding tert-OH is 2. The molecule has 0 bridgehead atoms. The second-order valence-corrected chi connectivity index (χ2v) is 11.9. The van der Waals surface area contributed by atoms with Gasteiger partial charge in [0.15, 0.2) is 11.5 Å². The van der Waals surface area contributed by atoms with Crippen LogP contribution in [0.25, 0.3) is 22.2 Å². The van der Waals surface area contributed by atoms with Gasteiger partial charge in [0, 0.05) is 19.0 Å². The van der Waals surface area contributed by atoms with Crippen LogP contribution in [0.5, 0.6) is 0 Å². The molecule has 4 aromatic rings. The highest BCUT2D eigenvalue weighted by atomic mass is 32.5. The van der Waals surface area contributed by atoms with Crippen molar-refractivity contribution in [3.05, 3.63) is 31.2 Å². The second kappa shape index (κ2) is 11.2. The summed E-state index contributed by atoms with van der Waals surface area (Å²) in [7, 11) is 0. The second-order valence-electron chi connectivity index (χ2n) is 9.17. The standard InChI is InChI=1S/C21H26N9O7PS.CH4/c22-18-10-1-2-29(20(10)26-7-24-18)16-4-12(13(5-31)35-16)37-38(33,39)34-6-14-11(32)3-15(36-14)30-9-28-17-19(23)25-8-27-21(17)30;/h1-2,7-9,11-16,31-32H,3-6H2,(H,33,39)(H2,22,24,26)(H2,23,25,27);1H4/p-1/t11-,12-,13-,14-,15-,16-,38?;/m1./s1. The third-order valence-corrected chi connectivity index (χ3v) is 8.34. The molecule has 0 amide bonds. The number of aliphatic hydroxyl groups is 2. The Hall–Kier alpha value is -2.86. The Labute approximate surface area is 233 Å². The number of fused-ring (bicyclic) bond motifs is 2. The number of hydrogen-bond donors (Lipinski definition) is 4. The van der Waals surface area contributed by atoms with Gasteiger partial charge in [-0.1, -0.05) is 19.2 Å². The van der Waals surface area contributed by atoms with E-state index in [1.165, 1.54) is 19.0 Å². The Kier molecular flexibility index (Phi) is 8.02. The van der Waals surface area contributed by atoms with Crippen LogP contribution in [-0.2, 0) is 30.3 Å². The molecule has 1 unspecified atom stereocenters. The third-order valence-electron chi connectivity index (χ3n) is 6.77. The minimum Gasteiger partial charge on any atom is -0.780 e. The first-order valence-electron chi connectivity index (χ1n) is 12.0. The smallest absolute Gasteiger partial charge is 0.167 e. The minimum absolute atomic E-state index is 0. The zero-order valence-electron chi connectivity index (χ0n) is 20.3. The molecule has 6 rings (SSSR count). The summed E-state index contributed by atoms with van der Waals surface area (Å²) in [6.07, 6.45) is 1.68. The molecule has 216 valence electrons. The zero-order valence-corrected chi connectivity index (χ0v) is 22.0. The van der Waals surface area contributed by atoms with Gasteiger partial charge in [-0.2, -0.15) is 0 Å². The van der Waals surface area contributed by atoms with Crippen molar-refractivity contribution in [2.45, 2.75) is 57.1 Å². The van der Waals surface area contributed by atoms with Crippen molar-refractivity contribution in [1.82, 2.24) is 34.1 Å². The SMILES string of the molecule is C.Nc1ncnc2c1ccn2[C@H]1C[C@@H](OP([O-])(=S)OC[C@H]2O[C@@H](n3cnc4c(N)ncnc43)C[C@H]2O)[C@@H](CO)O1. The van der Waals surface area contributed by atoms with Crippen molar-refractivity contribution < 1.29 is 33.6 Å². The summed E-state index contributed by atoms with van der Waals surface area (Å²) >= 11 is 5.12. The Morgan fingerprint density at radius 3 is 2.50 bits per heavy atom. The third kappa shape index (κ3) is 5.27. The van der Waals surface area contributed by atoms with Crippen LogP contribution >= 0.6 is 6.72 Å². The van der Waals surface area contributed by atoms with Crippen LogP contribution in [0.3, 0.4) is 0 Å². The van der Waals surface area contributed by atoms with Crippen molar-refractivity contribution in [3.8, 4) is 0 Å². The van der Waals surface area contributed by atoms with Crippen LogP contribution < -0.4 is 16.4 Å². The number of nitrogens with zero attached hydrogens (tertiary/aromatic N) is 7. The van der Waals surface area contributed by atoms with Gasteiger partial charge in [0.2, 0.25) is 0 Å². The quantitative estimate of drug-likeness (QED) is 0.197. The molecule has 2 aliphatic heterocycles. The monoisotopic (exact) mass is 594 g/mol. The molecule has 2 fully saturated rings. The minimum atomic E-state index is -4.07. The lowest BCUT2D eigenvalue weighted by molar-refractivity contribution is -0.215. The molecule has 0 aromatic carbocycles. The number of anilines is 2. The zero-order chi connectivity index (χ0) is 27.3. The van der Waals surface area contributed by atoms with Crippen LogP contribution in [-0.4, -0.2) is 81.9 Å². The van der Waals surface area contributed by atoms with E-state index in [1.807, 2.05) is 0 Å². The fourth-order valence-electron chi connectivity index (χ4n) is 4.85. The maximum atomic E-state index is 13.1. The van der Waals surface area contributed by atoms with Gasteiger partial charge in [0.25, 0.3) is 0 Å². The van der Waals surface area contributed by atoms with Crippen LogP contribution in [0.15, 0.2) is 31.2 Å². The fraction of sp³-hybridized carbons (Fsp3) is 0.500. The van der Waals surface area contributed by atoms with Gasteiger partial charge < -0.3 is 49.7 Å². The lowest BCUT2D eigenvalue weighted by Gasteiger charge is -2.32. The molecule has 2 aliphatic rings. The first-order chi connectivity index (χ1) is 18.7. The van der Waals surface area contributed by atoms with Crippen LogP contribution in [0.1, 0.15) is 32.7 Å². The van der Waals surface area contributed by atoms with Gasteiger partial charge >= 0.3 is 0 Å². The van der Waals surface area contributed by atoms with Gasteiger partial charge in [0.05, 0.1) is 37.1 Å². The van der Waals surface area contributed by atoms with E-state index in [0.717, 1.165) is 0 Å². The number of nitrogens with two attached hydrogens (primary N) is 2. The Morgan fingerprint density at radius 2 is 1.73 bits per heavy atom. The van der Waals surface area contributed by atoms with Gasteiger partial charge in [-0.3, -0.25) is 4.57 Å². The predicted molar refractivity (Wildman–Crippen MR) is 144 cm³/mol. The van der Waals surface area contributed by atoms with E-state index < -0.39 is 50.2 Å². The van der Waals surface area contributed by atoms with E-state index in [4.69, 9.17) is 41.8 Å². The van der Waals surface area contributed by atoms with Crippen molar-refractivity contribution in [2.75, 3.05) is 24.7 Å². The summed E-state index contributed by atoms with van der Waals surface area (Å²) in [5.74, 6) is 0.548. The average molecular weight is 595 g/mol. The maximum Gasteiger partial charge on any atom is 0.167 e. The molecule has 2 saturated heterocycles. The van der Waals surface area contributed by atoms with Gasteiger partial charge in [0.1, 0.15) is 61.0 Å². The molecule has 0 saturated carbocycles. The van der Waals surface area contributed by atoms with Crippen LogP contribution in [0.2, 0.25) is 0 Å². The molecular formula is C22H29N9O7PS-. The molecule has 6 heterocycles. The maximum absolute atomic E-state index is 13.1. The fourth-order valence-corrected chi connectivity index (χ4v) is 6.30. The molecule has 4 aromatic heterocycles. The lowest BCUT2D eigenvalue weighted by Crippen LogP contribution is -2.31. The average Bonchev–Trinajstić information content (AvgIpc) is 3.68. The summed E-state index contributed by atoms with van der Waals surface area (Å²) in [4.78, 5) is 33.6. The normalized spacial score (nSPS) is 28.2. The summed E-state index contributed by atoms with van der Waals surface area (Å²) < 4.78 is 26.3. The lowest BCUT2D eigenvalue weighted by atomic mass is 10.2. The molecular weight excluding hydrogens is 565 g/mol.